The fourth-order valence-corrected chi connectivity index (χ4v) is 3.51. The molecule has 1 amide bonds. The lowest BCUT2D eigenvalue weighted by Gasteiger charge is -2.33. The third-order valence-corrected chi connectivity index (χ3v) is 4.68. The minimum Gasteiger partial charge on any atom is -0.351 e. The Morgan fingerprint density at radius 1 is 1.24 bits per heavy atom. The van der Waals surface area contributed by atoms with E-state index in [1.54, 1.807) is 0 Å². The minimum absolute atomic E-state index is 0.0632. The van der Waals surface area contributed by atoms with Gasteiger partial charge < -0.3 is 11.1 Å². The van der Waals surface area contributed by atoms with E-state index in [1.807, 2.05) is 0 Å². The Kier molecular flexibility index (Phi) is 4.08. The van der Waals surface area contributed by atoms with Crippen LogP contribution in [-0.2, 0) is 4.79 Å². The first-order chi connectivity index (χ1) is 8.14. The summed E-state index contributed by atoms with van der Waals surface area (Å²) >= 11 is 0. The molecule has 2 aliphatic carbocycles. The third kappa shape index (κ3) is 3.01. The van der Waals surface area contributed by atoms with Crippen molar-refractivity contribution in [3.8, 4) is 0 Å². The van der Waals surface area contributed by atoms with E-state index < -0.39 is 0 Å². The molecule has 3 heteroatoms. The van der Waals surface area contributed by atoms with Crippen LogP contribution in [0.2, 0.25) is 0 Å². The van der Waals surface area contributed by atoms with Crippen LogP contribution in [0.15, 0.2) is 0 Å². The number of amides is 1. The molecule has 0 spiro atoms. The van der Waals surface area contributed by atoms with Crippen LogP contribution in [0.3, 0.4) is 0 Å². The molecule has 2 saturated carbocycles. The summed E-state index contributed by atoms with van der Waals surface area (Å²) in [4.78, 5) is 12.4. The summed E-state index contributed by atoms with van der Waals surface area (Å²) in [6.45, 7) is 2.85. The van der Waals surface area contributed by atoms with Crippen molar-refractivity contribution in [1.82, 2.24) is 5.32 Å². The summed E-state index contributed by atoms with van der Waals surface area (Å²) < 4.78 is 0. The topological polar surface area (TPSA) is 55.1 Å². The van der Waals surface area contributed by atoms with Gasteiger partial charge in [-0.1, -0.05) is 25.7 Å². The molecule has 0 aromatic rings. The summed E-state index contributed by atoms with van der Waals surface area (Å²) in [5, 5.41) is 3.29. The number of nitrogens with one attached hydrogen (secondary N) is 1. The van der Waals surface area contributed by atoms with Gasteiger partial charge in [0, 0.05) is 11.5 Å². The molecule has 2 aliphatic rings. The van der Waals surface area contributed by atoms with Crippen molar-refractivity contribution in [2.75, 3.05) is 6.54 Å². The van der Waals surface area contributed by atoms with Crippen molar-refractivity contribution in [1.29, 1.82) is 0 Å². The Morgan fingerprint density at radius 3 is 2.53 bits per heavy atom. The fourth-order valence-electron chi connectivity index (χ4n) is 3.51. The number of carbonyl (C=O) groups excluding carboxylic acids is 1. The summed E-state index contributed by atoms with van der Waals surface area (Å²) in [6.07, 6.45) is 9.37. The van der Waals surface area contributed by atoms with Crippen LogP contribution in [0.4, 0.5) is 0 Å². The van der Waals surface area contributed by atoms with Gasteiger partial charge >= 0.3 is 0 Å². The highest BCUT2D eigenvalue weighted by atomic mass is 16.2. The van der Waals surface area contributed by atoms with Crippen LogP contribution in [0.1, 0.15) is 58.3 Å². The van der Waals surface area contributed by atoms with Crippen LogP contribution < -0.4 is 11.1 Å². The number of rotatable bonds is 3. The zero-order valence-electron chi connectivity index (χ0n) is 11.0. The van der Waals surface area contributed by atoms with Crippen molar-refractivity contribution in [2.45, 2.75) is 63.8 Å². The maximum absolute atomic E-state index is 12.4. The smallest absolute Gasteiger partial charge is 0.223 e. The Balaban J connectivity index is 1.93. The molecular weight excluding hydrogens is 212 g/mol. The minimum atomic E-state index is 0.0632. The normalized spacial score (nSPS) is 32.4. The van der Waals surface area contributed by atoms with E-state index in [0.29, 0.717) is 12.5 Å². The van der Waals surface area contributed by atoms with Gasteiger partial charge in [0.05, 0.1) is 0 Å². The number of hydrogen-bond donors (Lipinski definition) is 2. The van der Waals surface area contributed by atoms with Gasteiger partial charge in [0.2, 0.25) is 5.91 Å². The van der Waals surface area contributed by atoms with E-state index in [0.717, 1.165) is 25.7 Å². The molecule has 0 aromatic carbocycles. The predicted molar refractivity (Wildman–Crippen MR) is 69.5 cm³/mol. The molecule has 2 fully saturated rings. The molecule has 2 rings (SSSR count). The van der Waals surface area contributed by atoms with E-state index in [1.165, 1.54) is 25.7 Å². The second-order valence-electron chi connectivity index (χ2n) is 6.14. The molecule has 2 atom stereocenters. The van der Waals surface area contributed by atoms with Crippen LogP contribution in [0.25, 0.3) is 0 Å². The summed E-state index contributed by atoms with van der Waals surface area (Å²) in [6, 6.07) is 0. The van der Waals surface area contributed by atoms with Crippen molar-refractivity contribution >= 4 is 5.91 Å². The first-order valence-electron chi connectivity index (χ1n) is 7.17. The Morgan fingerprint density at radius 2 is 1.88 bits per heavy atom. The standard InChI is InChI=1S/C14H26N2O/c1-14(8-4-5-9-14)16-13(17)12-7-3-2-6-11(12)10-15/h11-12H,2-10,15H2,1H3,(H,16,17). The SMILES string of the molecule is CC1(NC(=O)C2CCCCC2CN)CCCC1. The van der Waals surface area contributed by atoms with Gasteiger partial charge in [-0.05, 0) is 45.1 Å². The van der Waals surface area contributed by atoms with Gasteiger partial charge in [-0.25, -0.2) is 0 Å². The Hall–Kier alpha value is -0.570. The quantitative estimate of drug-likeness (QED) is 0.792. The van der Waals surface area contributed by atoms with Crippen molar-refractivity contribution in [3.63, 3.8) is 0 Å². The van der Waals surface area contributed by atoms with Crippen LogP contribution in [0, 0.1) is 11.8 Å². The molecule has 0 bridgehead atoms. The number of hydrogen-bond acceptors (Lipinski definition) is 2. The summed E-state index contributed by atoms with van der Waals surface area (Å²) in [5.74, 6) is 0.851. The second kappa shape index (κ2) is 5.38. The molecule has 0 aromatic heterocycles. The highest BCUT2D eigenvalue weighted by Crippen LogP contribution is 2.33. The first kappa shape index (κ1) is 12.9. The number of carbonyl (C=O) groups is 1. The molecule has 0 saturated heterocycles. The molecule has 0 aliphatic heterocycles. The van der Waals surface area contributed by atoms with E-state index in [4.69, 9.17) is 5.73 Å². The van der Waals surface area contributed by atoms with Gasteiger partial charge in [0.25, 0.3) is 0 Å². The van der Waals surface area contributed by atoms with Gasteiger partial charge in [-0.3, -0.25) is 4.79 Å². The highest BCUT2D eigenvalue weighted by molar-refractivity contribution is 5.79. The van der Waals surface area contributed by atoms with E-state index >= 15 is 0 Å². The maximum Gasteiger partial charge on any atom is 0.223 e. The van der Waals surface area contributed by atoms with Crippen molar-refractivity contribution < 1.29 is 4.79 Å². The zero-order valence-corrected chi connectivity index (χ0v) is 11.0. The summed E-state index contributed by atoms with van der Waals surface area (Å²) in [5.41, 5.74) is 5.86. The Labute approximate surface area is 105 Å². The van der Waals surface area contributed by atoms with Gasteiger partial charge in [-0.2, -0.15) is 0 Å². The van der Waals surface area contributed by atoms with Crippen molar-refractivity contribution in [3.05, 3.63) is 0 Å². The van der Waals surface area contributed by atoms with Crippen LogP contribution in [-0.4, -0.2) is 18.0 Å². The van der Waals surface area contributed by atoms with Crippen molar-refractivity contribution in [2.24, 2.45) is 17.6 Å². The average Bonchev–Trinajstić information content (AvgIpc) is 2.75. The molecule has 17 heavy (non-hydrogen) atoms. The van der Waals surface area contributed by atoms with E-state index in [9.17, 15) is 4.79 Å². The first-order valence-corrected chi connectivity index (χ1v) is 7.17. The third-order valence-electron chi connectivity index (χ3n) is 4.68. The molecule has 0 heterocycles. The van der Waals surface area contributed by atoms with Gasteiger partial charge in [-0.15, -0.1) is 0 Å². The highest BCUT2D eigenvalue weighted by Gasteiger charge is 2.35. The van der Waals surface area contributed by atoms with Crippen LogP contribution in [0.5, 0.6) is 0 Å². The van der Waals surface area contributed by atoms with E-state index in [-0.39, 0.29) is 17.4 Å². The molecule has 3 nitrogen and oxygen atoms in total. The molecule has 3 N–H and O–H groups in total. The van der Waals surface area contributed by atoms with Crippen LogP contribution >= 0.6 is 0 Å². The zero-order chi connectivity index (χ0) is 12.3. The van der Waals surface area contributed by atoms with Gasteiger partial charge in [0.15, 0.2) is 0 Å². The molecule has 2 unspecified atom stereocenters. The molecule has 0 radical (unpaired) electrons. The second-order valence-corrected chi connectivity index (χ2v) is 6.14. The lowest BCUT2D eigenvalue weighted by Crippen LogP contribution is -2.49. The lowest BCUT2D eigenvalue weighted by molar-refractivity contribution is -0.129. The monoisotopic (exact) mass is 238 g/mol. The Bertz CT molecular complexity index is 271. The largest absolute Gasteiger partial charge is 0.351 e. The fraction of sp³-hybridized carbons (Fsp3) is 0.929. The predicted octanol–water partition coefficient (Wildman–Crippen LogP) is 2.20. The maximum atomic E-state index is 12.4. The molecule has 98 valence electrons. The van der Waals surface area contributed by atoms with E-state index in [2.05, 4.69) is 12.2 Å². The number of nitrogens with two attached hydrogens (primary N) is 1. The average molecular weight is 238 g/mol. The summed E-state index contributed by atoms with van der Waals surface area (Å²) in [7, 11) is 0. The molecular formula is C14H26N2O. The lowest BCUT2D eigenvalue weighted by atomic mass is 9.78. The van der Waals surface area contributed by atoms with Gasteiger partial charge in [0.1, 0.15) is 0 Å².